The number of rotatable bonds is 2. The van der Waals surface area contributed by atoms with Gasteiger partial charge < -0.3 is 4.42 Å². The molecule has 5 aromatic rings. The van der Waals surface area contributed by atoms with Gasteiger partial charge in [0.05, 0.1) is 12.8 Å². The number of furan rings is 1. The van der Waals surface area contributed by atoms with Gasteiger partial charge in [0.15, 0.2) is 0 Å². The van der Waals surface area contributed by atoms with Crippen molar-refractivity contribution in [2.45, 2.75) is 38.5 Å². The number of aliphatic imine (C=N–C) groups is 1. The summed E-state index contributed by atoms with van der Waals surface area (Å²) in [4.78, 5) is 5.06. The van der Waals surface area contributed by atoms with Crippen LogP contribution in [0.4, 0.5) is 5.69 Å². The molecule has 150 valence electrons. The molecule has 0 radical (unpaired) electrons. The third kappa shape index (κ3) is 2.42. The minimum atomic E-state index is 0.537. The summed E-state index contributed by atoms with van der Waals surface area (Å²) in [6, 6.07) is 21.7. The lowest BCUT2D eigenvalue weighted by Crippen LogP contribution is -2.02. The fourth-order valence-corrected chi connectivity index (χ4v) is 5.73. The molecule has 1 aromatic heterocycles. The highest BCUT2D eigenvalue weighted by Gasteiger charge is 2.26. The van der Waals surface area contributed by atoms with Gasteiger partial charge in [-0.05, 0) is 66.4 Å². The lowest BCUT2D eigenvalue weighted by molar-refractivity contribution is 0.668. The molecule has 4 aromatic carbocycles. The maximum absolute atomic E-state index is 8.81. The van der Waals surface area contributed by atoms with E-state index in [0.29, 0.717) is 12.0 Å². The lowest BCUT2D eigenvalue weighted by atomic mass is 9.89. The van der Waals surface area contributed by atoms with E-state index in [4.69, 9.17) is 10.8 Å². The lowest BCUT2D eigenvalue weighted by Gasteiger charge is -2.14. The SMILES string of the molecule is [2H]c1cc(C2CCCC2)c2cccc3c2c1N=C3c1cc(C)cc2c1oc1ccccc12. The van der Waals surface area contributed by atoms with Gasteiger partial charge >= 0.3 is 0 Å². The molecule has 1 aliphatic heterocycles. The van der Waals surface area contributed by atoms with Gasteiger partial charge in [-0.25, -0.2) is 4.99 Å². The first kappa shape index (κ1) is 16.3. The number of fused-ring (bicyclic) bond motifs is 3. The molecule has 0 saturated heterocycles. The summed E-state index contributed by atoms with van der Waals surface area (Å²) in [6.45, 7) is 2.13. The van der Waals surface area contributed by atoms with Gasteiger partial charge in [-0.2, -0.15) is 0 Å². The summed E-state index contributed by atoms with van der Waals surface area (Å²) in [5.74, 6) is 0.563. The van der Waals surface area contributed by atoms with E-state index < -0.39 is 0 Å². The Balaban J connectivity index is 1.52. The smallest absolute Gasteiger partial charge is 0.144 e. The van der Waals surface area contributed by atoms with E-state index in [1.165, 1.54) is 42.2 Å². The Morgan fingerprint density at radius 1 is 0.903 bits per heavy atom. The molecule has 0 unspecified atom stereocenters. The maximum Gasteiger partial charge on any atom is 0.144 e. The fourth-order valence-electron chi connectivity index (χ4n) is 5.73. The Hall–Kier alpha value is -3.39. The monoisotopic (exact) mass is 402 g/mol. The fraction of sp³-hybridized carbons (Fsp3) is 0.207. The zero-order valence-electron chi connectivity index (χ0n) is 18.5. The highest BCUT2D eigenvalue weighted by atomic mass is 16.3. The van der Waals surface area contributed by atoms with E-state index in [1.807, 2.05) is 12.1 Å². The second-order valence-corrected chi connectivity index (χ2v) is 9.05. The van der Waals surface area contributed by atoms with Gasteiger partial charge in [-0.15, -0.1) is 0 Å². The topological polar surface area (TPSA) is 25.5 Å². The molecule has 31 heavy (non-hydrogen) atoms. The van der Waals surface area contributed by atoms with Crippen LogP contribution < -0.4 is 0 Å². The average Bonchev–Trinajstić information content (AvgIpc) is 3.54. The summed E-state index contributed by atoms with van der Waals surface area (Å²) in [7, 11) is 0. The van der Waals surface area contributed by atoms with Crippen LogP contribution in [-0.4, -0.2) is 5.71 Å². The highest BCUT2D eigenvalue weighted by Crippen LogP contribution is 2.45. The predicted molar refractivity (Wildman–Crippen MR) is 129 cm³/mol. The molecule has 0 atom stereocenters. The first-order valence-electron chi connectivity index (χ1n) is 11.8. The van der Waals surface area contributed by atoms with Crippen LogP contribution in [0.1, 0.15) is 55.2 Å². The summed E-state index contributed by atoms with van der Waals surface area (Å²) >= 11 is 0. The molecule has 1 saturated carbocycles. The predicted octanol–water partition coefficient (Wildman–Crippen LogP) is 8.19. The molecule has 2 heteroatoms. The Morgan fingerprint density at radius 3 is 2.65 bits per heavy atom. The van der Waals surface area contributed by atoms with E-state index in [0.717, 1.165) is 49.9 Å². The zero-order valence-corrected chi connectivity index (χ0v) is 17.5. The molecule has 0 N–H and O–H groups in total. The van der Waals surface area contributed by atoms with Crippen molar-refractivity contribution in [3.05, 3.63) is 89.0 Å². The van der Waals surface area contributed by atoms with Crippen molar-refractivity contribution in [1.29, 1.82) is 0 Å². The quantitative estimate of drug-likeness (QED) is 0.287. The van der Waals surface area contributed by atoms with Crippen LogP contribution in [0.5, 0.6) is 0 Å². The van der Waals surface area contributed by atoms with Gasteiger partial charge in [0.1, 0.15) is 11.2 Å². The number of para-hydroxylation sites is 1. The van der Waals surface area contributed by atoms with Gasteiger partial charge in [-0.3, -0.25) is 0 Å². The minimum Gasteiger partial charge on any atom is -0.455 e. The Bertz CT molecular complexity index is 1600. The Morgan fingerprint density at radius 2 is 1.74 bits per heavy atom. The molecule has 2 heterocycles. The van der Waals surface area contributed by atoms with Crippen LogP contribution in [0, 0.1) is 6.92 Å². The standard InChI is InChI=1S/C29H23NO/c1-17-15-23-20-9-4-5-12-26(20)31-29(23)24(16-17)28-22-11-6-10-21-19(18-7-2-3-8-18)13-14-25(30-28)27(21)22/h4-6,9-16,18H,2-3,7-8H2,1H3/i14D. The van der Waals surface area contributed by atoms with Crippen molar-refractivity contribution in [3.8, 4) is 0 Å². The molecular weight excluding hydrogens is 378 g/mol. The largest absolute Gasteiger partial charge is 0.455 e. The van der Waals surface area contributed by atoms with E-state index in [1.54, 1.807) is 0 Å². The van der Waals surface area contributed by atoms with Crippen molar-refractivity contribution < 1.29 is 5.79 Å². The zero-order chi connectivity index (χ0) is 21.4. The van der Waals surface area contributed by atoms with Crippen LogP contribution in [0.2, 0.25) is 0 Å². The van der Waals surface area contributed by atoms with Gasteiger partial charge in [-0.1, -0.05) is 55.3 Å². The molecular formula is C29H23NO. The second-order valence-electron chi connectivity index (χ2n) is 9.05. The number of nitrogens with zero attached hydrogens (tertiary/aromatic N) is 1. The third-order valence-corrected chi connectivity index (χ3v) is 7.13. The van der Waals surface area contributed by atoms with Gasteiger partial charge in [0.2, 0.25) is 0 Å². The van der Waals surface area contributed by atoms with Crippen LogP contribution in [0.15, 0.2) is 76.1 Å². The first-order valence-corrected chi connectivity index (χ1v) is 11.3. The summed E-state index contributed by atoms with van der Waals surface area (Å²) < 4.78 is 15.2. The van der Waals surface area contributed by atoms with Crippen LogP contribution in [0.25, 0.3) is 32.7 Å². The minimum absolute atomic E-state index is 0.537. The van der Waals surface area contributed by atoms with Crippen molar-refractivity contribution in [2.75, 3.05) is 0 Å². The molecule has 0 amide bonds. The van der Waals surface area contributed by atoms with Crippen LogP contribution in [0.3, 0.4) is 0 Å². The van der Waals surface area contributed by atoms with Crippen molar-refractivity contribution in [2.24, 2.45) is 4.99 Å². The van der Waals surface area contributed by atoms with Crippen molar-refractivity contribution in [3.63, 3.8) is 0 Å². The number of hydrogen-bond donors (Lipinski definition) is 0. The molecule has 0 bridgehead atoms. The maximum atomic E-state index is 8.81. The molecule has 2 nitrogen and oxygen atoms in total. The van der Waals surface area contributed by atoms with Crippen molar-refractivity contribution in [1.82, 2.24) is 0 Å². The van der Waals surface area contributed by atoms with E-state index in [2.05, 4.69) is 55.5 Å². The normalized spacial score (nSPS) is 16.5. The summed E-state index contributed by atoms with van der Waals surface area (Å²) in [6.07, 6.45) is 5.03. The molecule has 7 rings (SSSR count). The average molecular weight is 403 g/mol. The molecule has 0 spiro atoms. The van der Waals surface area contributed by atoms with Crippen LogP contribution in [-0.2, 0) is 0 Å². The summed E-state index contributed by atoms with van der Waals surface area (Å²) in [5, 5.41) is 4.67. The van der Waals surface area contributed by atoms with Gasteiger partial charge in [0.25, 0.3) is 0 Å². The Labute approximate surface area is 182 Å². The molecule has 2 aliphatic rings. The second kappa shape index (κ2) is 6.31. The first-order chi connectivity index (χ1) is 15.7. The van der Waals surface area contributed by atoms with E-state index in [-0.39, 0.29) is 0 Å². The van der Waals surface area contributed by atoms with Crippen LogP contribution >= 0.6 is 0 Å². The third-order valence-electron chi connectivity index (χ3n) is 7.13. The van der Waals surface area contributed by atoms with E-state index in [9.17, 15) is 0 Å². The molecule has 1 aliphatic carbocycles. The summed E-state index contributed by atoms with van der Waals surface area (Å²) in [5.41, 5.74) is 8.16. The molecule has 1 fully saturated rings. The van der Waals surface area contributed by atoms with Crippen molar-refractivity contribution >= 4 is 44.1 Å². The van der Waals surface area contributed by atoms with E-state index >= 15 is 0 Å². The number of hydrogen-bond acceptors (Lipinski definition) is 2. The Kier molecular flexibility index (Phi) is 3.32. The highest BCUT2D eigenvalue weighted by molar-refractivity contribution is 6.30. The number of benzene rings is 4. The van der Waals surface area contributed by atoms with Gasteiger partial charge in [0, 0.05) is 27.3 Å². The number of aryl methyl sites for hydroxylation is 1.